The molecule has 1 saturated carbocycles. The van der Waals surface area contributed by atoms with Crippen LogP contribution in [0.1, 0.15) is 41.6 Å². The average molecular weight is 364 g/mol. The van der Waals surface area contributed by atoms with Gasteiger partial charge in [-0.1, -0.05) is 12.1 Å². The van der Waals surface area contributed by atoms with Crippen LogP contribution in [-0.2, 0) is 0 Å². The second-order valence-electron chi connectivity index (χ2n) is 5.50. The van der Waals surface area contributed by atoms with E-state index in [0.29, 0.717) is 18.4 Å². The van der Waals surface area contributed by atoms with Gasteiger partial charge in [-0.05, 0) is 60.2 Å². The molecule has 1 N–H and O–H groups in total. The lowest BCUT2D eigenvalue weighted by molar-refractivity contribution is -0.182. The Hall–Kier alpha value is -1.04. The number of aryl methyl sites for hydroxylation is 1. The molecule has 0 spiro atoms. The van der Waals surface area contributed by atoms with E-state index in [2.05, 4.69) is 21.2 Å². The van der Waals surface area contributed by atoms with E-state index >= 15 is 0 Å². The van der Waals surface area contributed by atoms with Crippen LogP contribution in [-0.4, -0.2) is 18.1 Å². The Morgan fingerprint density at radius 2 is 1.86 bits per heavy atom. The van der Waals surface area contributed by atoms with E-state index in [1.165, 1.54) is 0 Å². The molecule has 1 fully saturated rings. The number of carbonyl (C=O) groups excluding carboxylic acids is 1. The fourth-order valence-electron chi connectivity index (χ4n) is 2.65. The molecule has 1 aliphatic rings. The van der Waals surface area contributed by atoms with Crippen molar-refractivity contribution in [1.82, 2.24) is 5.32 Å². The monoisotopic (exact) mass is 363 g/mol. The van der Waals surface area contributed by atoms with Gasteiger partial charge in [-0.3, -0.25) is 4.79 Å². The van der Waals surface area contributed by atoms with Crippen LogP contribution < -0.4 is 5.32 Å². The maximum atomic E-state index is 12.6. The number of alkyl halides is 3. The van der Waals surface area contributed by atoms with Crippen molar-refractivity contribution in [3.8, 4) is 0 Å². The zero-order valence-corrected chi connectivity index (χ0v) is 13.2. The Morgan fingerprint density at radius 3 is 2.43 bits per heavy atom. The zero-order valence-electron chi connectivity index (χ0n) is 11.6. The first-order chi connectivity index (χ1) is 9.79. The third kappa shape index (κ3) is 3.99. The molecule has 0 bridgehead atoms. The number of halogens is 4. The van der Waals surface area contributed by atoms with Crippen molar-refractivity contribution < 1.29 is 18.0 Å². The summed E-state index contributed by atoms with van der Waals surface area (Å²) in [5, 5.41) is 2.84. The molecule has 0 aromatic heterocycles. The van der Waals surface area contributed by atoms with Crippen LogP contribution >= 0.6 is 15.9 Å². The van der Waals surface area contributed by atoms with Gasteiger partial charge in [0.05, 0.1) is 11.5 Å². The highest BCUT2D eigenvalue weighted by Crippen LogP contribution is 2.37. The van der Waals surface area contributed by atoms with E-state index in [0.717, 1.165) is 10.0 Å². The Kier molecular flexibility index (Phi) is 4.96. The Bertz CT molecular complexity index is 522. The zero-order chi connectivity index (χ0) is 15.6. The second kappa shape index (κ2) is 6.38. The van der Waals surface area contributed by atoms with Gasteiger partial charge in [0.25, 0.3) is 5.91 Å². The van der Waals surface area contributed by atoms with Gasteiger partial charge in [-0.25, -0.2) is 0 Å². The second-order valence-corrected chi connectivity index (χ2v) is 6.29. The number of benzene rings is 1. The van der Waals surface area contributed by atoms with Crippen molar-refractivity contribution >= 4 is 21.8 Å². The molecule has 6 heteroatoms. The largest absolute Gasteiger partial charge is 0.391 e. The number of amides is 1. The molecule has 1 aliphatic carbocycles. The number of hydrogen-bond acceptors (Lipinski definition) is 1. The SMILES string of the molecule is Cc1cccc(C(=O)NC2CCC(C(F)(F)F)CC2)c1Br. The summed E-state index contributed by atoms with van der Waals surface area (Å²) in [6.45, 7) is 1.88. The smallest absolute Gasteiger partial charge is 0.349 e. The number of carbonyl (C=O) groups is 1. The van der Waals surface area contributed by atoms with E-state index in [1.807, 2.05) is 13.0 Å². The molecule has 0 heterocycles. The molecule has 1 aromatic carbocycles. The molecule has 116 valence electrons. The van der Waals surface area contributed by atoms with E-state index in [1.54, 1.807) is 12.1 Å². The maximum absolute atomic E-state index is 12.6. The van der Waals surface area contributed by atoms with Crippen molar-refractivity contribution in [2.45, 2.75) is 44.8 Å². The quantitative estimate of drug-likeness (QED) is 0.816. The first-order valence-corrected chi connectivity index (χ1v) is 7.71. The summed E-state index contributed by atoms with van der Waals surface area (Å²) in [7, 11) is 0. The van der Waals surface area contributed by atoms with Gasteiger partial charge in [0, 0.05) is 10.5 Å². The first-order valence-electron chi connectivity index (χ1n) is 6.91. The Morgan fingerprint density at radius 1 is 1.24 bits per heavy atom. The van der Waals surface area contributed by atoms with Crippen LogP contribution in [0.3, 0.4) is 0 Å². The lowest BCUT2D eigenvalue weighted by Crippen LogP contribution is -2.40. The van der Waals surface area contributed by atoms with Crippen LogP contribution in [0, 0.1) is 12.8 Å². The molecular formula is C15H17BrF3NO. The third-order valence-corrected chi connectivity index (χ3v) is 5.01. The molecule has 0 radical (unpaired) electrons. The van der Waals surface area contributed by atoms with Gasteiger partial charge >= 0.3 is 6.18 Å². The highest BCUT2D eigenvalue weighted by atomic mass is 79.9. The number of rotatable bonds is 2. The molecular weight excluding hydrogens is 347 g/mol. The summed E-state index contributed by atoms with van der Waals surface area (Å²) in [5.41, 5.74) is 1.47. The van der Waals surface area contributed by atoms with Gasteiger partial charge in [0.2, 0.25) is 0 Å². The molecule has 0 atom stereocenters. The number of hydrogen-bond donors (Lipinski definition) is 1. The van der Waals surface area contributed by atoms with E-state index < -0.39 is 12.1 Å². The van der Waals surface area contributed by atoms with Crippen molar-refractivity contribution in [1.29, 1.82) is 0 Å². The van der Waals surface area contributed by atoms with Crippen molar-refractivity contribution in [3.63, 3.8) is 0 Å². The summed E-state index contributed by atoms with van der Waals surface area (Å²) >= 11 is 3.37. The minimum atomic E-state index is -4.12. The summed E-state index contributed by atoms with van der Waals surface area (Å²) in [6.07, 6.45) is -3.19. The lowest BCUT2D eigenvalue weighted by Gasteiger charge is -2.30. The fraction of sp³-hybridized carbons (Fsp3) is 0.533. The van der Waals surface area contributed by atoms with Crippen molar-refractivity contribution in [2.75, 3.05) is 0 Å². The summed E-state index contributed by atoms with van der Waals surface area (Å²) < 4.78 is 38.5. The van der Waals surface area contributed by atoms with E-state index in [-0.39, 0.29) is 24.8 Å². The number of nitrogens with one attached hydrogen (secondary N) is 1. The van der Waals surface area contributed by atoms with E-state index in [4.69, 9.17) is 0 Å². The Labute approximate surface area is 130 Å². The highest BCUT2D eigenvalue weighted by Gasteiger charge is 2.41. The van der Waals surface area contributed by atoms with Crippen molar-refractivity contribution in [2.24, 2.45) is 5.92 Å². The lowest BCUT2D eigenvalue weighted by atomic mass is 9.85. The maximum Gasteiger partial charge on any atom is 0.391 e. The predicted octanol–water partition coefficient (Wildman–Crippen LogP) is 4.61. The topological polar surface area (TPSA) is 29.1 Å². The highest BCUT2D eigenvalue weighted by molar-refractivity contribution is 9.10. The van der Waals surface area contributed by atoms with Crippen LogP contribution in [0.25, 0.3) is 0 Å². The van der Waals surface area contributed by atoms with Gasteiger partial charge < -0.3 is 5.32 Å². The van der Waals surface area contributed by atoms with Crippen LogP contribution in [0.4, 0.5) is 13.2 Å². The summed E-state index contributed by atoms with van der Waals surface area (Å²) in [4.78, 5) is 12.2. The van der Waals surface area contributed by atoms with Crippen LogP contribution in [0.5, 0.6) is 0 Å². The standard InChI is InChI=1S/C15H17BrF3NO/c1-9-3-2-4-12(13(9)16)14(21)20-11-7-5-10(6-8-11)15(17,18)19/h2-4,10-11H,5-8H2,1H3,(H,20,21). The third-order valence-electron chi connectivity index (χ3n) is 3.96. The summed E-state index contributed by atoms with van der Waals surface area (Å²) in [5.74, 6) is -1.46. The minimum absolute atomic E-state index is 0.0867. The molecule has 1 amide bonds. The average Bonchev–Trinajstić information content (AvgIpc) is 2.41. The van der Waals surface area contributed by atoms with Crippen molar-refractivity contribution in [3.05, 3.63) is 33.8 Å². The Balaban J connectivity index is 1.95. The molecule has 0 aliphatic heterocycles. The molecule has 0 saturated heterocycles. The molecule has 1 aromatic rings. The molecule has 2 nitrogen and oxygen atoms in total. The molecule has 21 heavy (non-hydrogen) atoms. The van der Waals surface area contributed by atoms with Gasteiger partial charge in [0.1, 0.15) is 0 Å². The first kappa shape index (κ1) is 16.3. The van der Waals surface area contributed by atoms with Gasteiger partial charge in [-0.15, -0.1) is 0 Å². The van der Waals surface area contributed by atoms with Crippen LogP contribution in [0.2, 0.25) is 0 Å². The fourth-order valence-corrected chi connectivity index (χ4v) is 3.10. The van der Waals surface area contributed by atoms with Gasteiger partial charge in [0.15, 0.2) is 0 Å². The molecule has 2 rings (SSSR count). The van der Waals surface area contributed by atoms with Crippen LogP contribution in [0.15, 0.2) is 22.7 Å². The summed E-state index contributed by atoms with van der Waals surface area (Å²) in [6, 6.07) is 5.20. The van der Waals surface area contributed by atoms with Gasteiger partial charge in [-0.2, -0.15) is 13.2 Å². The van der Waals surface area contributed by atoms with E-state index in [9.17, 15) is 18.0 Å². The predicted molar refractivity (Wildman–Crippen MR) is 78.1 cm³/mol. The normalized spacial score (nSPS) is 22.9. The molecule has 0 unspecified atom stereocenters. The minimum Gasteiger partial charge on any atom is -0.349 e.